The zero-order chi connectivity index (χ0) is 26.9. The van der Waals surface area contributed by atoms with Crippen LogP contribution in [0.5, 0.6) is 23.0 Å². The van der Waals surface area contributed by atoms with Crippen LogP contribution in [0.4, 0.5) is 11.4 Å². The lowest BCUT2D eigenvalue weighted by Crippen LogP contribution is -2.32. The van der Waals surface area contributed by atoms with E-state index < -0.39 is 16.7 Å². The van der Waals surface area contributed by atoms with Crippen molar-refractivity contribution in [3.63, 3.8) is 0 Å². The molecule has 2 amide bonds. The maximum absolute atomic E-state index is 12.1. The van der Waals surface area contributed by atoms with Gasteiger partial charge in [0.2, 0.25) is 0 Å². The Morgan fingerprint density at radius 3 is 2.11 bits per heavy atom. The van der Waals surface area contributed by atoms with E-state index in [1.165, 1.54) is 24.4 Å². The fourth-order valence-corrected chi connectivity index (χ4v) is 3.28. The second kappa shape index (κ2) is 12.2. The molecule has 0 aliphatic carbocycles. The Labute approximate surface area is 221 Å². The summed E-state index contributed by atoms with van der Waals surface area (Å²) in [5.41, 5.74) is 3.05. The van der Waals surface area contributed by atoms with Crippen LogP contribution in [-0.4, -0.2) is 23.0 Å². The second-order valence-corrected chi connectivity index (χ2v) is 8.04. The lowest BCUT2D eigenvalue weighted by Gasteiger charge is -2.08. The van der Waals surface area contributed by atoms with Crippen LogP contribution >= 0.6 is 11.6 Å². The number of ether oxygens (including phenoxy) is 2. The topological polar surface area (TPSA) is 132 Å². The van der Waals surface area contributed by atoms with Crippen LogP contribution in [-0.2, 0) is 9.59 Å². The summed E-state index contributed by atoms with van der Waals surface area (Å²) in [6.45, 7) is 0. The third-order valence-electron chi connectivity index (χ3n) is 4.91. The Morgan fingerprint density at radius 2 is 1.45 bits per heavy atom. The van der Waals surface area contributed by atoms with E-state index in [0.29, 0.717) is 28.5 Å². The summed E-state index contributed by atoms with van der Waals surface area (Å²) in [6.07, 6.45) is 1.35. The molecule has 0 bridgehead atoms. The van der Waals surface area contributed by atoms with Crippen molar-refractivity contribution in [2.45, 2.75) is 0 Å². The van der Waals surface area contributed by atoms with Crippen molar-refractivity contribution in [3.8, 4) is 23.0 Å². The first-order valence-corrected chi connectivity index (χ1v) is 11.4. The van der Waals surface area contributed by atoms with E-state index in [2.05, 4.69) is 15.8 Å². The number of benzene rings is 4. The molecule has 0 aliphatic heterocycles. The van der Waals surface area contributed by atoms with Gasteiger partial charge in [-0.25, -0.2) is 5.43 Å². The van der Waals surface area contributed by atoms with E-state index in [4.69, 9.17) is 21.1 Å². The Balaban J connectivity index is 1.25. The molecule has 38 heavy (non-hydrogen) atoms. The van der Waals surface area contributed by atoms with Crippen LogP contribution in [0, 0.1) is 10.1 Å². The van der Waals surface area contributed by atoms with E-state index >= 15 is 0 Å². The van der Waals surface area contributed by atoms with Gasteiger partial charge in [-0.05, 0) is 72.3 Å². The molecule has 4 aromatic rings. The lowest BCUT2D eigenvalue weighted by atomic mass is 10.2. The van der Waals surface area contributed by atoms with Crippen molar-refractivity contribution >= 4 is 41.0 Å². The first-order chi connectivity index (χ1) is 18.4. The molecule has 0 aliphatic rings. The monoisotopic (exact) mass is 530 g/mol. The van der Waals surface area contributed by atoms with Gasteiger partial charge < -0.3 is 14.8 Å². The van der Waals surface area contributed by atoms with Gasteiger partial charge in [0.25, 0.3) is 5.69 Å². The summed E-state index contributed by atoms with van der Waals surface area (Å²) in [6, 6.07) is 26.3. The van der Waals surface area contributed by atoms with E-state index in [1.54, 1.807) is 48.5 Å². The molecule has 10 nitrogen and oxygen atoms in total. The maximum Gasteiger partial charge on any atom is 0.329 e. The van der Waals surface area contributed by atoms with Crippen molar-refractivity contribution in [2.24, 2.45) is 5.10 Å². The number of hydrogen-bond acceptors (Lipinski definition) is 7. The summed E-state index contributed by atoms with van der Waals surface area (Å²) in [4.78, 5) is 34.5. The Morgan fingerprint density at radius 1 is 0.816 bits per heavy atom. The highest BCUT2D eigenvalue weighted by Crippen LogP contribution is 2.32. The Bertz CT molecular complexity index is 1480. The number of hydrogen-bond donors (Lipinski definition) is 2. The maximum atomic E-state index is 12.1. The summed E-state index contributed by atoms with van der Waals surface area (Å²) < 4.78 is 11.3. The third-order valence-corrected chi connectivity index (χ3v) is 5.21. The largest absolute Gasteiger partial charge is 0.457 e. The van der Waals surface area contributed by atoms with Crippen LogP contribution < -0.4 is 20.2 Å². The first kappa shape index (κ1) is 25.9. The minimum Gasteiger partial charge on any atom is -0.457 e. The number of non-ortho nitro benzene ring substituents is 1. The molecule has 4 aromatic carbocycles. The molecule has 4 rings (SSSR count). The molecule has 0 atom stereocenters. The van der Waals surface area contributed by atoms with Gasteiger partial charge >= 0.3 is 11.8 Å². The number of para-hydroxylation sites is 1. The SMILES string of the molecule is O=C(N/N=C\c1ccc(Oc2ccc([N+](=O)[O-])cc2Cl)cc1)C(=O)Nc1ccc(Oc2ccccc2)cc1. The first-order valence-electron chi connectivity index (χ1n) is 11.1. The van der Waals surface area contributed by atoms with Gasteiger partial charge in [-0.2, -0.15) is 5.10 Å². The van der Waals surface area contributed by atoms with Gasteiger partial charge in [-0.15, -0.1) is 0 Å². The number of anilines is 1. The normalized spacial score (nSPS) is 10.6. The van der Waals surface area contributed by atoms with Gasteiger partial charge in [-0.3, -0.25) is 19.7 Å². The van der Waals surface area contributed by atoms with Crippen molar-refractivity contribution in [3.05, 3.63) is 118 Å². The molecular weight excluding hydrogens is 512 g/mol. The predicted molar refractivity (Wildman–Crippen MR) is 142 cm³/mol. The van der Waals surface area contributed by atoms with Crippen molar-refractivity contribution in [2.75, 3.05) is 5.32 Å². The van der Waals surface area contributed by atoms with Gasteiger partial charge in [0.1, 0.15) is 23.0 Å². The highest BCUT2D eigenvalue weighted by atomic mass is 35.5. The van der Waals surface area contributed by atoms with Crippen molar-refractivity contribution < 1.29 is 24.0 Å². The standard InChI is InChI=1S/C27H19ClN4O6/c28-24-16-20(32(35)36)10-15-25(24)38-23-11-6-18(7-12-23)17-29-31-27(34)26(33)30-19-8-13-22(14-9-19)37-21-4-2-1-3-5-21/h1-17H,(H,30,33)(H,31,34)/b29-17-. The van der Waals surface area contributed by atoms with Crippen LogP contribution in [0.3, 0.4) is 0 Å². The highest BCUT2D eigenvalue weighted by Gasteiger charge is 2.13. The smallest absolute Gasteiger partial charge is 0.329 e. The van der Waals surface area contributed by atoms with Crippen molar-refractivity contribution in [1.82, 2.24) is 5.43 Å². The molecular formula is C27H19ClN4O6. The number of halogens is 1. The lowest BCUT2D eigenvalue weighted by molar-refractivity contribution is -0.384. The van der Waals surface area contributed by atoms with Crippen LogP contribution in [0.25, 0.3) is 0 Å². The zero-order valence-electron chi connectivity index (χ0n) is 19.5. The molecule has 0 saturated heterocycles. The van der Waals surface area contributed by atoms with Crippen molar-refractivity contribution in [1.29, 1.82) is 0 Å². The average molecular weight is 531 g/mol. The Hall–Kier alpha value is -5.22. The minimum atomic E-state index is -0.946. The molecule has 0 unspecified atom stereocenters. The predicted octanol–water partition coefficient (Wildman–Crippen LogP) is 5.92. The fourth-order valence-electron chi connectivity index (χ4n) is 3.07. The summed E-state index contributed by atoms with van der Waals surface area (Å²) in [5.74, 6) is 0.117. The van der Waals surface area contributed by atoms with Crippen LogP contribution in [0.2, 0.25) is 5.02 Å². The molecule has 0 heterocycles. The molecule has 11 heteroatoms. The second-order valence-electron chi connectivity index (χ2n) is 7.64. The summed E-state index contributed by atoms with van der Waals surface area (Å²) >= 11 is 6.04. The Kier molecular flexibility index (Phi) is 8.27. The molecule has 0 radical (unpaired) electrons. The van der Waals surface area contributed by atoms with Crippen LogP contribution in [0.1, 0.15) is 5.56 Å². The molecule has 0 aromatic heterocycles. The van der Waals surface area contributed by atoms with E-state index in [9.17, 15) is 19.7 Å². The van der Waals surface area contributed by atoms with Gasteiger partial charge in [0, 0.05) is 17.8 Å². The molecule has 0 fully saturated rings. The fraction of sp³-hybridized carbons (Fsp3) is 0. The molecule has 2 N–H and O–H groups in total. The van der Waals surface area contributed by atoms with Crippen LogP contribution in [0.15, 0.2) is 102 Å². The van der Waals surface area contributed by atoms with Gasteiger partial charge in [0.05, 0.1) is 16.2 Å². The quantitative estimate of drug-likeness (QED) is 0.126. The number of carbonyl (C=O) groups is 2. The summed E-state index contributed by atoms with van der Waals surface area (Å²) in [7, 11) is 0. The van der Waals surface area contributed by atoms with E-state index in [0.717, 1.165) is 0 Å². The molecule has 190 valence electrons. The number of hydrazone groups is 1. The summed E-state index contributed by atoms with van der Waals surface area (Å²) in [5, 5.41) is 17.2. The minimum absolute atomic E-state index is 0.0993. The number of nitrogens with one attached hydrogen (secondary N) is 2. The van der Waals surface area contributed by atoms with Gasteiger partial charge in [0.15, 0.2) is 0 Å². The van der Waals surface area contributed by atoms with Gasteiger partial charge in [-0.1, -0.05) is 29.8 Å². The van der Waals surface area contributed by atoms with E-state index in [-0.39, 0.29) is 16.5 Å². The average Bonchev–Trinajstić information content (AvgIpc) is 2.92. The molecule has 0 spiro atoms. The number of carbonyl (C=O) groups excluding carboxylic acids is 2. The number of nitrogens with zero attached hydrogens (tertiary/aromatic N) is 2. The molecule has 0 saturated carbocycles. The number of nitro groups is 1. The third kappa shape index (κ3) is 7.15. The van der Waals surface area contributed by atoms with E-state index in [1.807, 2.05) is 30.3 Å². The highest BCUT2D eigenvalue weighted by molar-refractivity contribution is 6.39. The number of rotatable bonds is 8. The number of amides is 2. The number of nitro benzene ring substituents is 1. The zero-order valence-corrected chi connectivity index (χ0v) is 20.3.